The third-order valence-electron chi connectivity index (χ3n) is 2.84. The predicted octanol–water partition coefficient (Wildman–Crippen LogP) is 1.96. The molecule has 18 heavy (non-hydrogen) atoms. The second kappa shape index (κ2) is 7.71. The first-order chi connectivity index (χ1) is 8.65. The second-order valence-corrected chi connectivity index (χ2v) is 4.43. The molecule has 0 aliphatic heterocycles. The lowest BCUT2D eigenvalue weighted by molar-refractivity contribution is 0.227. The molecule has 0 aliphatic rings. The molecule has 0 heterocycles. The number of hydrogen-bond donors (Lipinski definition) is 3. The quantitative estimate of drug-likeness (QED) is 0.722. The number of aliphatic hydroxyl groups excluding tert-OH is 1. The van der Waals surface area contributed by atoms with E-state index in [9.17, 15) is 4.79 Å². The fourth-order valence-electron chi connectivity index (χ4n) is 1.78. The van der Waals surface area contributed by atoms with Crippen molar-refractivity contribution < 1.29 is 9.90 Å². The fraction of sp³-hybridized carbons (Fsp3) is 0.500. The van der Waals surface area contributed by atoms with Crippen LogP contribution in [0.15, 0.2) is 24.3 Å². The summed E-state index contributed by atoms with van der Waals surface area (Å²) in [5.74, 6) is 0. The number of carbonyl (C=O) groups is 1. The van der Waals surface area contributed by atoms with E-state index in [4.69, 9.17) is 5.11 Å². The minimum Gasteiger partial charge on any atom is -0.396 e. The normalized spacial score (nSPS) is 11.9. The number of hydrogen-bond acceptors (Lipinski definition) is 2. The number of benzene rings is 1. The zero-order chi connectivity index (χ0) is 13.4. The number of aryl methyl sites for hydroxylation is 1. The lowest BCUT2D eigenvalue weighted by Crippen LogP contribution is -2.41. The molecule has 1 unspecified atom stereocenters. The molecule has 100 valence electrons. The maximum Gasteiger partial charge on any atom is 0.315 e. The van der Waals surface area contributed by atoms with Crippen molar-refractivity contribution in [2.24, 2.45) is 0 Å². The van der Waals surface area contributed by atoms with E-state index in [2.05, 4.69) is 10.6 Å². The van der Waals surface area contributed by atoms with Crippen LogP contribution in [0.2, 0.25) is 0 Å². The standard InChI is InChI=1S/C14H22N2O2/c1-3-13(7-8-17)16-14(18)15-10-12-6-4-5-11(2)9-12/h4-6,9,13,17H,3,7-8,10H2,1-2H3,(H2,15,16,18). The summed E-state index contributed by atoms with van der Waals surface area (Å²) in [5, 5.41) is 14.5. The molecule has 0 spiro atoms. The van der Waals surface area contributed by atoms with Crippen molar-refractivity contribution in [3.63, 3.8) is 0 Å². The monoisotopic (exact) mass is 250 g/mol. The smallest absolute Gasteiger partial charge is 0.315 e. The minimum absolute atomic E-state index is 0.0347. The van der Waals surface area contributed by atoms with Crippen LogP contribution in [0.4, 0.5) is 4.79 Å². The van der Waals surface area contributed by atoms with Gasteiger partial charge in [0.05, 0.1) is 0 Å². The molecular weight excluding hydrogens is 228 g/mol. The number of nitrogens with one attached hydrogen (secondary N) is 2. The van der Waals surface area contributed by atoms with Gasteiger partial charge < -0.3 is 15.7 Å². The van der Waals surface area contributed by atoms with Crippen molar-refractivity contribution in [2.45, 2.75) is 39.3 Å². The highest BCUT2D eigenvalue weighted by Gasteiger charge is 2.08. The van der Waals surface area contributed by atoms with Crippen LogP contribution in [0.1, 0.15) is 30.9 Å². The van der Waals surface area contributed by atoms with Crippen molar-refractivity contribution in [3.05, 3.63) is 35.4 Å². The van der Waals surface area contributed by atoms with Crippen molar-refractivity contribution in [1.29, 1.82) is 0 Å². The van der Waals surface area contributed by atoms with Crippen LogP contribution in [-0.4, -0.2) is 23.8 Å². The molecule has 1 aromatic carbocycles. The van der Waals surface area contributed by atoms with E-state index in [0.717, 1.165) is 12.0 Å². The summed E-state index contributed by atoms with van der Waals surface area (Å²) in [6, 6.07) is 7.89. The maximum atomic E-state index is 11.6. The molecule has 0 aromatic heterocycles. The molecule has 0 saturated heterocycles. The van der Waals surface area contributed by atoms with Gasteiger partial charge in [-0.05, 0) is 25.3 Å². The Balaban J connectivity index is 2.36. The summed E-state index contributed by atoms with van der Waals surface area (Å²) in [6.07, 6.45) is 1.41. The van der Waals surface area contributed by atoms with E-state index in [1.165, 1.54) is 5.56 Å². The first-order valence-electron chi connectivity index (χ1n) is 6.36. The summed E-state index contributed by atoms with van der Waals surface area (Å²) in [4.78, 5) is 11.6. The molecule has 2 amide bonds. The summed E-state index contributed by atoms with van der Waals surface area (Å²) in [6.45, 7) is 4.62. The Kier molecular flexibility index (Phi) is 6.22. The Hall–Kier alpha value is -1.55. The van der Waals surface area contributed by atoms with E-state index >= 15 is 0 Å². The first kappa shape index (κ1) is 14.5. The van der Waals surface area contributed by atoms with Gasteiger partial charge in [-0.15, -0.1) is 0 Å². The Morgan fingerprint density at radius 1 is 1.44 bits per heavy atom. The van der Waals surface area contributed by atoms with Crippen LogP contribution in [0.5, 0.6) is 0 Å². The van der Waals surface area contributed by atoms with Gasteiger partial charge in [0.15, 0.2) is 0 Å². The number of carbonyl (C=O) groups excluding carboxylic acids is 1. The van der Waals surface area contributed by atoms with Gasteiger partial charge in [0.25, 0.3) is 0 Å². The molecule has 1 aromatic rings. The van der Waals surface area contributed by atoms with Crippen LogP contribution in [-0.2, 0) is 6.54 Å². The second-order valence-electron chi connectivity index (χ2n) is 4.43. The topological polar surface area (TPSA) is 61.4 Å². The number of aliphatic hydroxyl groups is 1. The maximum absolute atomic E-state index is 11.6. The summed E-state index contributed by atoms with van der Waals surface area (Å²) in [5.41, 5.74) is 2.27. The Bertz CT molecular complexity index is 380. The fourth-order valence-corrected chi connectivity index (χ4v) is 1.78. The number of urea groups is 1. The summed E-state index contributed by atoms with van der Waals surface area (Å²) in [7, 11) is 0. The van der Waals surface area contributed by atoms with E-state index in [1.807, 2.05) is 38.1 Å². The number of amides is 2. The molecule has 1 atom stereocenters. The highest BCUT2D eigenvalue weighted by molar-refractivity contribution is 5.74. The predicted molar refractivity (Wildman–Crippen MR) is 72.3 cm³/mol. The van der Waals surface area contributed by atoms with Gasteiger partial charge in [0, 0.05) is 19.2 Å². The van der Waals surface area contributed by atoms with Gasteiger partial charge in [-0.3, -0.25) is 0 Å². The van der Waals surface area contributed by atoms with Gasteiger partial charge in [0.2, 0.25) is 0 Å². The minimum atomic E-state index is -0.184. The van der Waals surface area contributed by atoms with Crippen LogP contribution in [0.25, 0.3) is 0 Å². The molecule has 4 heteroatoms. The molecule has 3 N–H and O–H groups in total. The lowest BCUT2D eigenvalue weighted by Gasteiger charge is -2.16. The van der Waals surface area contributed by atoms with Crippen molar-refractivity contribution in [1.82, 2.24) is 10.6 Å². The van der Waals surface area contributed by atoms with Gasteiger partial charge in [0.1, 0.15) is 0 Å². The van der Waals surface area contributed by atoms with Gasteiger partial charge >= 0.3 is 6.03 Å². The SMILES string of the molecule is CCC(CCO)NC(=O)NCc1cccc(C)c1. The van der Waals surface area contributed by atoms with Crippen molar-refractivity contribution in [3.8, 4) is 0 Å². The Morgan fingerprint density at radius 3 is 2.83 bits per heavy atom. The Labute approximate surface area is 108 Å². The first-order valence-corrected chi connectivity index (χ1v) is 6.36. The van der Waals surface area contributed by atoms with Crippen molar-refractivity contribution in [2.75, 3.05) is 6.61 Å². The van der Waals surface area contributed by atoms with E-state index < -0.39 is 0 Å². The van der Waals surface area contributed by atoms with E-state index in [1.54, 1.807) is 0 Å². The molecule has 0 radical (unpaired) electrons. The molecule has 0 bridgehead atoms. The van der Waals surface area contributed by atoms with Crippen LogP contribution in [0.3, 0.4) is 0 Å². The average Bonchev–Trinajstić information content (AvgIpc) is 2.36. The average molecular weight is 250 g/mol. The highest BCUT2D eigenvalue weighted by Crippen LogP contribution is 2.03. The number of rotatable bonds is 6. The van der Waals surface area contributed by atoms with Crippen LogP contribution in [0, 0.1) is 6.92 Å². The molecule has 0 saturated carbocycles. The third kappa shape index (κ3) is 5.19. The van der Waals surface area contributed by atoms with E-state index in [-0.39, 0.29) is 18.7 Å². The molecule has 1 rings (SSSR count). The molecule has 4 nitrogen and oxygen atoms in total. The van der Waals surface area contributed by atoms with Gasteiger partial charge in [-0.2, -0.15) is 0 Å². The van der Waals surface area contributed by atoms with Gasteiger partial charge in [-0.25, -0.2) is 4.79 Å². The summed E-state index contributed by atoms with van der Waals surface area (Å²) < 4.78 is 0. The van der Waals surface area contributed by atoms with Crippen molar-refractivity contribution >= 4 is 6.03 Å². The van der Waals surface area contributed by atoms with Crippen LogP contribution >= 0.6 is 0 Å². The Morgan fingerprint density at radius 2 is 2.22 bits per heavy atom. The largest absolute Gasteiger partial charge is 0.396 e. The molecular formula is C14H22N2O2. The third-order valence-corrected chi connectivity index (χ3v) is 2.84. The van der Waals surface area contributed by atoms with Crippen LogP contribution < -0.4 is 10.6 Å². The van der Waals surface area contributed by atoms with E-state index in [0.29, 0.717) is 13.0 Å². The lowest BCUT2D eigenvalue weighted by atomic mass is 10.1. The zero-order valence-corrected chi connectivity index (χ0v) is 11.1. The summed E-state index contributed by atoms with van der Waals surface area (Å²) >= 11 is 0. The molecule has 0 fully saturated rings. The highest BCUT2D eigenvalue weighted by atomic mass is 16.3. The van der Waals surface area contributed by atoms with Gasteiger partial charge in [-0.1, -0.05) is 36.8 Å². The molecule has 0 aliphatic carbocycles. The zero-order valence-electron chi connectivity index (χ0n) is 11.1.